The van der Waals surface area contributed by atoms with E-state index in [2.05, 4.69) is 16.4 Å². The van der Waals surface area contributed by atoms with Crippen LogP contribution in [-0.2, 0) is 0 Å². The maximum absolute atomic E-state index is 8.72. The van der Waals surface area contributed by atoms with E-state index in [0.29, 0.717) is 5.56 Å². The van der Waals surface area contributed by atoms with Crippen LogP contribution in [0.25, 0.3) is 10.9 Å². The molecule has 0 bridgehead atoms. The van der Waals surface area contributed by atoms with Crippen LogP contribution in [0.15, 0.2) is 30.3 Å². The fraction of sp³-hybridized carbons (Fsp3) is 0.0909. The second kappa shape index (κ2) is 3.35. The molecule has 68 valence electrons. The average molecular weight is 183 g/mol. The molecule has 14 heavy (non-hydrogen) atoms. The monoisotopic (exact) mass is 183 g/mol. The Labute approximate surface area is 82.0 Å². The first kappa shape index (κ1) is 8.52. The SMILES string of the molecule is CNc1ccc2cc(C#N)ccc2n1. The van der Waals surface area contributed by atoms with Crippen LogP contribution in [0, 0.1) is 11.3 Å². The van der Waals surface area contributed by atoms with Gasteiger partial charge in [0.25, 0.3) is 0 Å². The van der Waals surface area contributed by atoms with Gasteiger partial charge in [-0.05, 0) is 30.3 Å². The van der Waals surface area contributed by atoms with E-state index < -0.39 is 0 Å². The Bertz CT molecular complexity index is 511. The molecule has 3 nitrogen and oxygen atoms in total. The highest BCUT2D eigenvalue weighted by molar-refractivity contribution is 5.81. The van der Waals surface area contributed by atoms with E-state index in [4.69, 9.17) is 5.26 Å². The van der Waals surface area contributed by atoms with Gasteiger partial charge in [-0.2, -0.15) is 5.26 Å². The first-order chi connectivity index (χ1) is 6.83. The molecule has 0 saturated carbocycles. The molecule has 0 aliphatic carbocycles. The molecule has 1 heterocycles. The zero-order chi connectivity index (χ0) is 9.97. The summed E-state index contributed by atoms with van der Waals surface area (Å²) in [4.78, 5) is 4.35. The van der Waals surface area contributed by atoms with Crippen molar-refractivity contribution in [1.82, 2.24) is 4.98 Å². The number of hydrogen-bond donors (Lipinski definition) is 1. The minimum atomic E-state index is 0.663. The molecule has 0 aliphatic heterocycles. The molecule has 3 heteroatoms. The fourth-order valence-electron chi connectivity index (χ4n) is 1.33. The highest BCUT2D eigenvalue weighted by atomic mass is 15.0. The molecule has 0 amide bonds. The van der Waals surface area contributed by atoms with E-state index in [0.717, 1.165) is 16.7 Å². The Hall–Kier alpha value is -2.08. The summed E-state index contributed by atoms with van der Waals surface area (Å²) >= 11 is 0. The number of rotatable bonds is 1. The highest BCUT2D eigenvalue weighted by Crippen LogP contribution is 2.16. The minimum absolute atomic E-state index is 0.663. The second-order valence-corrected chi connectivity index (χ2v) is 2.97. The topological polar surface area (TPSA) is 48.7 Å². The predicted octanol–water partition coefficient (Wildman–Crippen LogP) is 2.15. The lowest BCUT2D eigenvalue weighted by atomic mass is 10.1. The molecule has 1 aromatic heterocycles. The van der Waals surface area contributed by atoms with Crippen molar-refractivity contribution in [3.05, 3.63) is 35.9 Å². The lowest BCUT2D eigenvalue weighted by Crippen LogP contribution is -1.91. The van der Waals surface area contributed by atoms with Gasteiger partial charge in [-0.15, -0.1) is 0 Å². The third-order valence-electron chi connectivity index (χ3n) is 2.07. The van der Waals surface area contributed by atoms with Gasteiger partial charge in [0.05, 0.1) is 17.1 Å². The third kappa shape index (κ3) is 1.38. The molecule has 1 N–H and O–H groups in total. The first-order valence-corrected chi connectivity index (χ1v) is 4.32. The maximum Gasteiger partial charge on any atom is 0.126 e. The molecular formula is C11H9N3. The van der Waals surface area contributed by atoms with Crippen LogP contribution in [0.3, 0.4) is 0 Å². The van der Waals surface area contributed by atoms with Crippen molar-refractivity contribution < 1.29 is 0 Å². The second-order valence-electron chi connectivity index (χ2n) is 2.97. The molecule has 2 rings (SSSR count). The van der Waals surface area contributed by atoms with Crippen LogP contribution in [-0.4, -0.2) is 12.0 Å². The van der Waals surface area contributed by atoms with Crippen LogP contribution in [0.5, 0.6) is 0 Å². The van der Waals surface area contributed by atoms with Gasteiger partial charge in [0.15, 0.2) is 0 Å². The zero-order valence-corrected chi connectivity index (χ0v) is 7.78. The summed E-state index contributed by atoms with van der Waals surface area (Å²) in [5, 5.41) is 12.7. The molecule has 0 radical (unpaired) electrons. The standard InChI is InChI=1S/C11H9N3/c1-13-11-5-3-9-6-8(7-12)2-4-10(9)14-11/h2-6H,1H3,(H,13,14). The Morgan fingerprint density at radius 1 is 1.29 bits per heavy atom. The summed E-state index contributed by atoms with van der Waals surface area (Å²) in [6, 6.07) is 11.4. The number of aromatic nitrogens is 1. The van der Waals surface area contributed by atoms with Gasteiger partial charge in [-0.1, -0.05) is 0 Å². The van der Waals surface area contributed by atoms with Gasteiger partial charge in [0.1, 0.15) is 5.82 Å². The average Bonchev–Trinajstić information content (AvgIpc) is 2.27. The molecule has 0 saturated heterocycles. The third-order valence-corrected chi connectivity index (χ3v) is 2.07. The number of benzene rings is 1. The van der Waals surface area contributed by atoms with E-state index in [1.165, 1.54) is 0 Å². The smallest absolute Gasteiger partial charge is 0.126 e. The summed E-state index contributed by atoms with van der Waals surface area (Å²) in [5.74, 6) is 0.835. The van der Waals surface area contributed by atoms with Crippen molar-refractivity contribution in [3.8, 4) is 6.07 Å². The summed E-state index contributed by atoms with van der Waals surface area (Å²) in [6.07, 6.45) is 0. The number of hydrogen-bond acceptors (Lipinski definition) is 3. The fourth-order valence-corrected chi connectivity index (χ4v) is 1.33. The van der Waals surface area contributed by atoms with Gasteiger partial charge in [-0.3, -0.25) is 0 Å². The Kier molecular flexibility index (Phi) is 2.04. The predicted molar refractivity (Wildman–Crippen MR) is 56.0 cm³/mol. The van der Waals surface area contributed by atoms with E-state index in [1.54, 1.807) is 6.07 Å². The van der Waals surface area contributed by atoms with Crippen LogP contribution in [0.4, 0.5) is 5.82 Å². The van der Waals surface area contributed by atoms with Gasteiger partial charge >= 0.3 is 0 Å². The van der Waals surface area contributed by atoms with Crippen LogP contribution in [0.2, 0.25) is 0 Å². The zero-order valence-electron chi connectivity index (χ0n) is 7.78. The molecular weight excluding hydrogens is 174 g/mol. The lowest BCUT2D eigenvalue weighted by Gasteiger charge is -2.01. The Morgan fingerprint density at radius 3 is 2.86 bits per heavy atom. The van der Waals surface area contributed by atoms with Crippen LogP contribution < -0.4 is 5.32 Å². The summed E-state index contributed by atoms with van der Waals surface area (Å²) in [5.41, 5.74) is 1.56. The molecule has 0 atom stereocenters. The van der Waals surface area contributed by atoms with E-state index in [1.807, 2.05) is 31.3 Å². The van der Waals surface area contributed by atoms with Crippen molar-refractivity contribution in [1.29, 1.82) is 5.26 Å². The molecule has 0 unspecified atom stereocenters. The maximum atomic E-state index is 8.72. The Balaban J connectivity index is 2.64. The normalized spacial score (nSPS) is 9.71. The number of pyridine rings is 1. The number of nitrogens with zero attached hydrogens (tertiary/aromatic N) is 2. The van der Waals surface area contributed by atoms with Crippen molar-refractivity contribution in [2.24, 2.45) is 0 Å². The number of nitrogens with one attached hydrogen (secondary N) is 1. The number of anilines is 1. The van der Waals surface area contributed by atoms with Crippen molar-refractivity contribution >= 4 is 16.7 Å². The van der Waals surface area contributed by atoms with Crippen molar-refractivity contribution in [2.45, 2.75) is 0 Å². The van der Waals surface area contributed by atoms with Gasteiger partial charge in [0, 0.05) is 12.4 Å². The van der Waals surface area contributed by atoms with Crippen molar-refractivity contribution in [2.75, 3.05) is 12.4 Å². The molecule has 0 fully saturated rings. The molecule has 1 aromatic carbocycles. The lowest BCUT2D eigenvalue weighted by molar-refractivity contribution is 1.34. The van der Waals surface area contributed by atoms with Gasteiger partial charge in [-0.25, -0.2) is 4.98 Å². The van der Waals surface area contributed by atoms with Gasteiger partial charge in [0.2, 0.25) is 0 Å². The Morgan fingerprint density at radius 2 is 2.14 bits per heavy atom. The van der Waals surface area contributed by atoms with E-state index in [9.17, 15) is 0 Å². The highest BCUT2D eigenvalue weighted by Gasteiger charge is 1.97. The van der Waals surface area contributed by atoms with Crippen LogP contribution >= 0.6 is 0 Å². The molecule has 0 aliphatic rings. The number of nitriles is 1. The minimum Gasteiger partial charge on any atom is -0.373 e. The summed E-state index contributed by atoms with van der Waals surface area (Å²) < 4.78 is 0. The van der Waals surface area contributed by atoms with Crippen molar-refractivity contribution in [3.63, 3.8) is 0 Å². The summed E-state index contributed by atoms with van der Waals surface area (Å²) in [6.45, 7) is 0. The number of fused-ring (bicyclic) bond motifs is 1. The summed E-state index contributed by atoms with van der Waals surface area (Å²) in [7, 11) is 1.83. The van der Waals surface area contributed by atoms with Crippen LogP contribution in [0.1, 0.15) is 5.56 Å². The quantitative estimate of drug-likeness (QED) is 0.736. The van der Waals surface area contributed by atoms with E-state index in [-0.39, 0.29) is 0 Å². The van der Waals surface area contributed by atoms with E-state index >= 15 is 0 Å². The largest absolute Gasteiger partial charge is 0.373 e. The molecule has 0 spiro atoms. The molecule has 2 aromatic rings. The van der Waals surface area contributed by atoms with Gasteiger partial charge < -0.3 is 5.32 Å². The first-order valence-electron chi connectivity index (χ1n) is 4.32.